The molecule has 3 aromatic carbocycles. The summed E-state index contributed by atoms with van der Waals surface area (Å²) in [5.74, 6) is 0. The van der Waals surface area contributed by atoms with Crippen molar-refractivity contribution in [1.29, 1.82) is 0 Å². The smallest absolute Gasteiger partial charge is 0.204 e. The van der Waals surface area contributed by atoms with Crippen LogP contribution in [0.3, 0.4) is 0 Å². The van der Waals surface area contributed by atoms with Crippen LogP contribution in [0.1, 0.15) is 22.4 Å². The van der Waals surface area contributed by atoms with E-state index in [4.69, 9.17) is 11.6 Å². The van der Waals surface area contributed by atoms with Crippen LogP contribution in [0.5, 0.6) is 0 Å². The highest BCUT2D eigenvalue weighted by atomic mass is 35.5. The summed E-state index contributed by atoms with van der Waals surface area (Å²) >= 11 is 8.03. The molecule has 4 nitrogen and oxygen atoms in total. The number of rotatable bonds is 5. The quantitative estimate of drug-likeness (QED) is 0.234. The van der Waals surface area contributed by atoms with Gasteiger partial charge in [-0.25, -0.2) is 4.98 Å². The van der Waals surface area contributed by atoms with Gasteiger partial charge < -0.3 is 4.57 Å². The van der Waals surface area contributed by atoms with Gasteiger partial charge >= 0.3 is 0 Å². The summed E-state index contributed by atoms with van der Waals surface area (Å²) in [6.07, 6.45) is 1.90. The van der Waals surface area contributed by atoms with E-state index in [-0.39, 0.29) is 0 Å². The van der Waals surface area contributed by atoms with Gasteiger partial charge in [-0.05, 0) is 49.7 Å². The highest BCUT2D eigenvalue weighted by Crippen LogP contribution is 2.29. The molecule has 1 N–H and O–H groups in total. The van der Waals surface area contributed by atoms with Crippen LogP contribution in [0.25, 0.3) is 21.1 Å². The summed E-state index contributed by atoms with van der Waals surface area (Å²) in [4.78, 5) is 4.59. The molecule has 31 heavy (non-hydrogen) atoms. The Labute approximate surface area is 189 Å². The first kappa shape index (κ1) is 19.8. The number of benzene rings is 3. The van der Waals surface area contributed by atoms with Crippen molar-refractivity contribution in [2.75, 3.05) is 5.43 Å². The Hall–Kier alpha value is -3.15. The molecule has 154 valence electrons. The Balaban J connectivity index is 1.51. The lowest BCUT2D eigenvalue weighted by molar-refractivity contribution is 0.804. The second-order valence-corrected chi connectivity index (χ2v) is 8.99. The van der Waals surface area contributed by atoms with Gasteiger partial charge in [-0.2, -0.15) is 5.10 Å². The molecule has 5 aromatic rings. The van der Waals surface area contributed by atoms with Crippen LogP contribution in [0, 0.1) is 13.8 Å². The van der Waals surface area contributed by atoms with Crippen LogP contribution >= 0.6 is 22.9 Å². The molecule has 2 aromatic heterocycles. The molecular formula is C25H21ClN4S. The predicted octanol–water partition coefficient (Wildman–Crippen LogP) is 7.02. The van der Waals surface area contributed by atoms with Crippen molar-refractivity contribution in [2.24, 2.45) is 5.10 Å². The molecule has 0 fully saturated rings. The molecule has 0 radical (unpaired) electrons. The Morgan fingerprint density at radius 2 is 1.87 bits per heavy atom. The number of fused-ring (bicyclic) bond motifs is 2. The lowest BCUT2D eigenvalue weighted by atomic mass is 10.1. The van der Waals surface area contributed by atoms with Crippen molar-refractivity contribution < 1.29 is 0 Å². The molecule has 2 heterocycles. The first-order chi connectivity index (χ1) is 15.1. The maximum absolute atomic E-state index is 6.44. The fraction of sp³-hybridized carbons (Fsp3) is 0.120. The van der Waals surface area contributed by atoms with E-state index in [9.17, 15) is 0 Å². The number of nitrogens with one attached hydrogen (secondary N) is 1. The minimum atomic E-state index is 0.713. The normalized spacial score (nSPS) is 11.7. The van der Waals surface area contributed by atoms with Gasteiger partial charge in [0.15, 0.2) is 0 Å². The number of thiazole rings is 1. The van der Waals surface area contributed by atoms with E-state index in [0.717, 1.165) is 37.2 Å². The SMILES string of the molecule is Cc1ccc2c(c1)c(C=NNc1nc3ccccc3s1)c(C)n2Cc1ccccc1Cl. The maximum Gasteiger partial charge on any atom is 0.204 e. The molecule has 0 spiro atoms. The molecule has 5 rings (SSSR count). The van der Waals surface area contributed by atoms with Gasteiger partial charge in [0.1, 0.15) is 0 Å². The fourth-order valence-corrected chi connectivity index (χ4v) is 4.87. The van der Waals surface area contributed by atoms with Crippen molar-refractivity contribution in [2.45, 2.75) is 20.4 Å². The van der Waals surface area contributed by atoms with E-state index in [1.807, 2.05) is 42.6 Å². The molecule has 0 unspecified atom stereocenters. The van der Waals surface area contributed by atoms with Crippen LogP contribution in [0.2, 0.25) is 5.02 Å². The first-order valence-corrected chi connectivity index (χ1v) is 11.3. The summed E-state index contributed by atoms with van der Waals surface area (Å²) in [6.45, 7) is 4.95. The fourth-order valence-electron chi connectivity index (χ4n) is 3.86. The third-order valence-electron chi connectivity index (χ3n) is 5.46. The first-order valence-electron chi connectivity index (χ1n) is 10.1. The average molecular weight is 445 g/mol. The number of aromatic nitrogens is 2. The lowest BCUT2D eigenvalue weighted by Crippen LogP contribution is -2.03. The standard InChI is InChI=1S/C25H21ClN4S/c1-16-11-12-23-19(13-16)20(17(2)30(23)15-18-7-3-4-8-21(18)26)14-27-29-25-28-22-9-5-6-10-24(22)31-25/h3-14H,15H2,1-2H3,(H,28,29). The zero-order valence-electron chi connectivity index (χ0n) is 17.3. The summed E-state index contributed by atoms with van der Waals surface area (Å²) < 4.78 is 3.44. The van der Waals surface area contributed by atoms with Gasteiger partial charge in [0.25, 0.3) is 0 Å². The molecule has 0 aliphatic rings. The molecule has 0 saturated carbocycles. The molecule has 0 aliphatic heterocycles. The molecular weight excluding hydrogens is 424 g/mol. The highest BCUT2D eigenvalue weighted by molar-refractivity contribution is 7.22. The van der Waals surface area contributed by atoms with E-state index >= 15 is 0 Å². The number of nitrogens with zero attached hydrogens (tertiary/aromatic N) is 3. The number of hydrogen-bond donors (Lipinski definition) is 1. The minimum Gasteiger partial charge on any atom is -0.340 e. The minimum absolute atomic E-state index is 0.713. The zero-order chi connectivity index (χ0) is 21.4. The number of anilines is 1. The molecule has 6 heteroatoms. The molecule has 0 aliphatic carbocycles. The number of hydrazone groups is 1. The van der Waals surface area contributed by atoms with Crippen molar-refractivity contribution in [3.05, 3.63) is 94.1 Å². The number of halogens is 1. The van der Waals surface area contributed by atoms with Crippen LogP contribution in [-0.4, -0.2) is 15.8 Å². The maximum atomic E-state index is 6.44. The summed E-state index contributed by atoms with van der Waals surface area (Å²) in [5.41, 5.74) is 9.82. The molecule has 0 saturated heterocycles. The largest absolute Gasteiger partial charge is 0.340 e. The van der Waals surface area contributed by atoms with Crippen molar-refractivity contribution in [3.63, 3.8) is 0 Å². The molecule has 0 atom stereocenters. The van der Waals surface area contributed by atoms with Gasteiger partial charge in [0.05, 0.1) is 16.4 Å². The average Bonchev–Trinajstić information content (AvgIpc) is 3.29. The van der Waals surface area contributed by atoms with E-state index in [1.54, 1.807) is 11.3 Å². The van der Waals surface area contributed by atoms with Crippen molar-refractivity contribution >= 4 is 55.4 Å². The molecule has 0 amide bonds. The monoisotopic (exact) mass is 444 g/mol. The van der Waals surface area contributed by atoms with E-state index in [0.29, 0.717) is 6.54 Å². The Kier molecular flexibility index (Phi) is 5.22. The number of para-hydroxylation sites is 1. The third-order valence-corrected chi connectivity index (χ3v) is 6.77. The van der Waals surface area contributed by atoms with Crippen LogP contribution in [0.15, 0.2) is 71.8 Å². The van der Waals surface area contributed by atoms with E-state index < -0.39 is 0 Å². The van der Waals surface area contributed by atoms with Crippen molar-refractivity contribution in [3.8, 4) is 0 Å². The third kappa shape index (κ3) is 3.82. The zero-order valence-corrected chi connectivity index (χ0v) is 18.8. The lowest BCUT2D eigenvalue weighted by Gasteiger charge is -2.10. The van der Waals surface area contributed by atoms with Crippen LogP contribution < -0.4 is 5.43 Å². The Bertz CT molecular complexity index is 1400. The van der Waals surface area contributed by atoms with E-state index in [2.05, 4.69) is 64.3 Å². The Morgan fingerprint density at radius 1 is 1.06 bits per heavy atom. The van der Waals surface area contributed by atoms with Gasteiger partial charge in [0.2, 0.25) is 5.13 Å². The van der Waals surface area contributed by atoms with E-state index in [1.165, 1.54) is 16.5 Å². The van der Waals surface area contributed by atoms with Crippen LogP contribution in [0.4, 0.5) is 5.13 Å². The second kappa shape index (κ2) is 8.17. The van der Waals surface area contributed by atoms with Gasteiger partial charge in [0, 0.05) is 33.7 Å². The number of aryl methyl sites for hydroxylation is 1. The Morgan fingerprint density at radius 3 is 2.71 bits per heavy atom. The van der Waals surface area contributed by atoms with Gasteiger partial charge in [-0.1, -0.05) is 64.9 Å². The number of hydrogen-bond acceptors (Lipinski definition) is 4. The van der Waals surface area contributed by atoms with Gasteiger partial charge in [-0.15, -0.1) is 0 Å². The summed E-state index contributed by atoms with van der Waals surface area (Å²) in [5, 5.41) is 7.26. The topological polar surface area (TPSA) is 42.2 Å². The summed E-state index contributed by atoms with van der Waals surface area (Å²) in [6, 6.07) is 22.6. The predicted molar refractivity (Wildman–Crippen MR) is 133 cm³/mol. The van der Waals surface area contributed by atoms with Crippen molar-refractivity contribution in [1.82, 2.24) is 9.55 Å². The molecule has 0 bridgehead atoms. The second-order valence-electron chi connectivity index (χ2n) is 7.55. The highest BCUT2D eigenvalue weighted by Gasteiger charge is 2.14. The van der Waals surface area contributed by atoms with Crippen LogP contribution in [-0.2, 0) is 6.54 Å². The van der Waals surface area contributed by atoms with Gasteiger partial charge in [-0.3, -0.25) is 5.43 Å². The summed E-state index contributed by atoms with van der Waals surface area (Å²) in [7, 11) is 0.